The quantitative estimate of drug-likeness (QED) is 0.0499. The van der Waals surface area contributed by atoms with Gasteiger partial charge in [0.25, 0.3) is 5.56 Å². The molecule has 1 aliphatic rings. The first-order valence-electron chi connectivity index (χ1n) is 21.8. The maximum atomic E-state index is 13.2. The van der Waals surface area contributed by atoms with Gasteiger partial charge in [0, 0.05) is 30.0 Å². The standard InChI is InChI=1S/C45H74N6O5/c1-7-9-11-13-15-17-19-21-23-35(22-20-18-16-14-12-10-8-2)31-56-40(53)36-24-26-37(27-25-36)48-43(55)49-38-29-44(4,5)32-45(6,30-38)33-46-42(54)51-41-47-34(3)28-39(52)50-41/h24-28,35,38H,7-23,29-33H2,1-6H3,(H2,48,49,55)(H3,46,47,50,51,52,54). The summed E-state index contributed by atoms with van der Waals surface area (Å²) >= 11 is 0. The van der Waals surface area contributed by atoms with E-state index in [0.29, 0.717) is 42.4 Å². The third-order valence-corrected chi connectivity index (χ3v) is 11.1. The number of carbonyl (C=O) groups is 3. The van der Waals surface area contributed by atoms with E-state index in [-0.39, 0.29) is 40.4 Å². The number of H-pyrrole nitrogens is 1. The van der Waals surface area contributed by atoms with Crippen molar-refractivity contribution in [3.05, 3.63) is 51.9 Å². The lowest BCUT2D eigenvalue weighted by atomic mass is 9.62. The smallest absolute Gasteiger partial charge is 0.338 e. The summed E-state index contributed by atoms with van der Waals surface area (Å²) in [5, 5.41) is 11.6. The molecule has 0 radical (unpaired) electrons. The molecule has 0 aliphatic heterocycles. The topological polar surface area (TPSA) is 154 Å². The number of benzene rings is 1. The second-order valence-corrected chi connectivity index (χ2v) is 17.6. The Morgan fingerprint density at radius 1 is 0.804 bits per heavy atom. The van der Waals surface area contributed by atoms with Gasteiger partial charge in [-0.2, -0.15) is 0 Å². The zero-order valence-corrected chi connectivity index (χ0v) is 35.6. The van der Waals surface area contributed by atoms with Crippen LogP contribution in [-0.4, -0.2) is 47.2 Å². The molecule has 4 amide bonds. The summed E-state index contributed by atoms with van der Waals surface area (Å²) in [6.07, 6.45) is 23.9. The van der Waals surface area contributed by atoms with Gasteiger partial charge in [-0.25, -0.2) is 19.4 Å². The van der Waals surface area contributed by atoms with Crippen molar-refractivity contribution in [1.82, 2.24) is 20.6 Å². The van der Waals surface area contributed by atoms with E-state index in [1.54, 1.807) is 31.2 Å². The number of nitrogens with zero attached hydrogens (tertiary/aromatic N) is 1. The van der Waals surface area contributed by atoms with Gasteiger partial charge in [-0.05, 0) is 80.0 Å². The summed E-state index contributed by atoms with van der Waals surface area (Å²) in [5.74, 6) is 0.160. The number of carbonyl (C=O) groups excluding carboxylic acids is 3. The molecule has 3 unspecified atom stereocenters. The van der Waals surface area contributed by atoms with Crippen molar-refractivity contribution < 1.29 is 19.1 Å². The van der Waals surface area contributed by atoms with Crippen molar-refractivity contribution in [1.29, 1.82) is 0 Å². The summed E-state index contributed by atoms with van der Waals surface area (Å²) in [6, 6.07) is 7.36. The third kappa shape index (κ3) is 18.8. The average molecular weight is 779 g/mol. The van der Waals surface area contributed by atoms with Crippen LogP contribution in [0.3, 0.4) is 0 Å². The molecule has 56 heavy (non-hydrogen) atoms. The number of rotatable bonds is 25. The van der Waals surface area contributed by atoms with Gasteiger partial charge in [0.05, 0.1) is 12.2 Å². The summed E-state index contributed by atoms with van der Waals surface area (Å²) in [5.41, 5.74) is 0.876. The lowest BCUT2D eigenvalue weighted by molar-refractivity contribution is 0.0422. The van der Waals surface area contributed by atoms with Crippen LogP contribution >= 0.6 is 0 Å². The first-order chi connectivity index (χ1) is 26.8. The number of nitrogens with one attached hydrogen (secondary N) is 5. The van der Waals surface area contributed by atoms with E-state index in [4.69, 9.17) is 4.74 Å². The van der Waals surface area contributed by atoms with Crippen molar-refractivity contribution in [2.75, 3.05) is 23.8 Å². The molecule has 1 heterocycles. The number of amides is 4. The second kappa shape index (κ2) is 24.7. The largest absolute Gasteiger partial charge is 0.462 e. The van der Waals surface area contributed by atoms with Gasteiger partial charge in [0.2, 0.25) is 5.95 Å². The van der Waals surface area contributed by atoms with Gasteiger partial charge in [0.15, 0.2) is 0 Å². The van der Waals surface area contributed by atoms with Crippen molar-refractivity contribution in [3.8, 4) is 0 Å². The monoisotopic (exact) mass is 779 g/mol. The highest BCUT2D eigenvalue weighted by Gasteiger charge is 2.42. The molecule has 2 aromatic rings. The summed E-state index contributed by atoms with van der Waals surface area (Å²) in [6.45, 7) is 13.5. The van der Waals surface area contributed by atoms with E-state index in [1.807, 2.05) is 0 Å². The van der Waals surface area contributed by atoms with E-state index < -0.39 is 6.03 Å². The Labute approximate surface area is 337 Å². The normalized spacial score (nSPS) is 18.1. The Hall–Kier alpha value is -3.89. The molecule has 1 fully saturated rings. The molecule has 1 aromatic heterocycles. The van der Waals surface area contributed by atoms with Gasteiger partial charge in [0.1, 0.15) is 0 Å². The van der Waals surface area contributed by atoms with Crippen molar-refractivity contribution in [3.63, 3.8) is 0 Å². The van der Waals surface area contributed by atoms with E-state index in [9.17, 15) is 19.2 Å². The SMILES string of the molecule is CCCCCCCCCCC(CCCCCCCCC)COC(=O)c1ccc(NC(=O)NC2CC(C)(C)CC(C)(CNC(=O)Nc3nc(C)cc(=O)[nH]3)C2)cc1. The number of unbranched alkanes of at least 4 members (excludes halogenated alkanes) is 13. The second-order valence-electron chi connectivity index (χ2n) is 17.6. The number of anilines is 2. The van der Waals surface area contributed by atoms with Gasteiger partial charge >= 0.3 is 18.0 Å². The van der Waals surface area contributed by atoms with Gasteiger partial charge in [-0.3, -0.25) is 15.1 Å². The van der Waals surface area contributed by atoms with E-state index in [0.717, 1.165) is 25.7 Å². The van der Waals surface area contributed by atoms with E-state index in [1.165, 1.54) is 102 Å². The van der Waals surface area contributed by atoms with Gasteiger partial charge < -0.3 is 20.7 Å². The molecule has 1 aromatic carbocycles. The Morgan fingerprint density at radius 3 is 1.95 bits per heavy atom. The van der Waals surface area contributed by atoms with Crippen LogP contribution in [0.15, 0.2) is 35.1 Å². The molecule has 1 saturated carbocycles. The van der Waals surface area contributed by atoms with E-state index in [2.05, 4.69) is 65.9 Å². The Balaban J connectivity index is 1.46. The van der Waals surface area contributed by atoms with Crippen LogP contribution in [0.25, 0.3) is 0 Å². The number of urea groups is 2. The number of aromatic nitrogens is 2. The molecule has 314 valence electrons. The molecule has 0 spiro atoms. The average Bonchev–Trinajstić information content (AvgIpc) is 3.12. The lowest BCUT2D eigenvalue weighted by Crippen LogP contribution is -2.51. The molecule has 0 bridgehead atoms. The van der Waals surface area contributed by atoms with Crippen LogP contribution in [0, 0.1) is 23.7 Å². The summed E-state index contributed by atoms with van der Waals surface area (Å²) in [7, 11) is 0. The summed E-state index contributed by atoms with van der Waals surface area (Å²) < 4.78 is 5.87. The van der Waals surface area contributed by atoms with Crippen LogP contribution < -0.4 is 26.8 Å². The molecule has 0 saturated heterocycles. The van der Waals surface area contributed by atoms with Gasteiger partial charge in [-0.1, -0.05) is 131 Å². The number of esters is 1. The van der Waals surface area contributed by atoms with Gasteiger partial charge in [-0.15, -0.1) is 0 Å². The maximum Gasteiger partial charge on any atom is 0.338 e. The molecule has 3 rings (SSSR count). The van der Waals surface area contributed by atoms with Crippen LogP contribution in [0.4, 0.5) is 21.2 Å². The highest BCUT2D eigenvalue weighted by molar-refractivity contribution is 5.92. The first kappa shape index (κ1) is 46.5. The maximum absolute atomic E-state index is 13.2. The minimum atomic E-state index is -0.458. The molecular formula is C45H74N6O5. The van der Waals surface area contributed by atoms with Crippen LogP contribution in [-0.2, 0) is 4.74 Å². The molecule has 1 aliphatic carbocycles. The molecule has 11 nitrogen and oxygen atoms in total. The predicted molar refractivity (Wildman–Crippen MR) is 228 cm³/mol. The Morgan fingerprint density at radius 2 is 1.38 bits per heavy atom. The highest BCUT2D eigenvalue weighted by atomic mass is 16.5. The molecule has 5 N–H and O–H groups in total. The highest BCUT2D eigenvalue weighted by Crippen LogP contribution is 2.45. The third-order valence-electron chi connectivity index (χ3n) is 11.1. The fourth-order valence-electron chi connectivity index (χ4n) is 8.54. The van der Waals surface area contributed by atoms with Crippen molar-refractivity contribution in [2.45, 2.75) is 176 Å². The number of aryl methyl sites for hydroxylation is 1. The Bertz CT molecular complexity index is 1530. The minimum absolute atomic E-state index is 0.0738. The van der Waals surface area contributed by atoms with Crippen LogP contribution in [0.5, 0.6) is 0 Å². The zero-order valence-electron chi connectivity index (χ0n) is 35.6. The lowest BCUT2D eigenvalue weighted by Gasteiger charge is -2.46. The summed E-state index contributed by atoms with van der Waals surface area (Å²) in [4.78, 5) is 57.3. The number of hydrogen-bond donors (Lipinski definition) is 5. The minimum Gasteiger partial charge on any atom is -0.462 e. The van der Waals surface area contributed by atoms with Crippen LogP contribution in [0.2, 0.25) is 0 Å². The fraction of sp³-hybridized carbons (Fsp3) is 0.711. The predicted octanol–water partition coefficient (Wildman–Crippen LogP) is 11.1. The zero-order chi connectivity index (χ0) is 40.8. The Kier molecular flexibility index (Phi) is 20.5. The van der Waals surface area contributed by atoms with Crippen LogP contribution in [0.1, 0.15) is 179 Å². The number of ether oxygens (including phenoxy) is 1. The first-order valence-corrected chi connectivity index (χ1v) is 21.8. The molecular weight excluding hydrogens is 705 g/mol. The van der Waals surface area contributed by atoms with Crippen molar-refractivity contribution in [2.24, 2.45) is 16.7 Å². The fourth-order valence-corrected chi connectivity index (χ4v) is 8.54. The van der Waals surface area contributed by atoms with Crippen molar-refractivity contribution >= 4 is 29.7 Å². The number of aromatic amines is 1. The van der Waals surface area contributed by atoms with E-state index >= 15 is 0 Å². The number of hydrogen-bond acceptors (Lipinski definition) is 6. The molecule has 3 atom stereocenters. The molecule has 11 heteroatoms.